The quantitative estimate of drug-likeness (QED) is 0.808. The van der Waals surface area contributed by atoms with Gasteiger partial charge >= 0.3 is 0 Å². The largest absolute Gasteiger partial charge is 0.278 e. The highest BCUT2D eigenvalue weighted by Crippen LogP contribution is 2.40. The number of amides is 2. The Morgan fingerprint density at radius 1 is 1.09 bits per heavy atom. The van der Waals surface area contributed by atoms with Crippen molar-refractivity contribution in [3.8, 4) is 0 Å². The number of imide groups is 1. The summed E-state index contributed by atoms with van der Waals surface area (Å²) in [6.07, 6.45) is 0.314. The number of nitrogens with zero attached hydrogens (tertiary/aromatic N) is 1. The monoisotopic (exact) mass is 295 g/mol. The second-order valence-corrected chi connectivity index (χ2v) is 6.67. The zero-order valence-corrected chi connectivity index (χ0v) is 13.3. The second kappa shape index (κ2) is 5.24. The van der Waals surface area contributed by atoms with Gasteiger partial charge < -0.3 is 0 Å². The van der Waals surface area contributed by atoms with Crippen molar-refractivity contribution in [3.05, 3.63) is 48.0 Å². The minimum atomic E-state index is -0.568. The van der Waals surface area contributed by atoms with E-state index in [-0.39, 0.29) is 17.7 Å². The lowest BCUT2D eigenvalue weighted by Gasteiger charge is -2.26. The average molecular weight is 295 g/mol. The molecule has 0 radical (unpaired) electrons. The number of hydrogen-bond donors (Lipinski definition) is 0. The highest BCUT2D eigenvalue weighted by Gasteiger charge is 2.49. The maximum absolute atomic E-state index is 12.7. The molecule has 22 heavy (non-hydrogen) atoms. The van der Waals surface area contributed by atoms with E-state index < -0.39 is 5.41 Å². The fourth-order valence-corrected chi connectivity index (χ4v) is 3.12. The van der Waals surface area contributed by atoms with Crippen molar-refractivity contribution < 1.29 is 9.59 Å². The molecule has 3 nitrogen and oxygen atoms in total. The zero-order valence-electron chi connectivity index (χ0n) is 13.3. The Morgan fingerprint density at radius 2 is 1.77 bits per heavy atom. The number of rotatable bonds is 3. The molecule has 3 rings (SSSR count). The van der Waals surface area contributed by atoms with Gasteiger partial charge in [-0.05, 0) is 29.2 Å². The molecule has 0 bridgehead atoms. The molecule has 1 unspecified atom stereocenters. The summed E-state index contributed by atoms with van der Waals surface area (Å²) < 4.78 is 0. The minimum absolute atomic E-state index is 0.0413. The lowest BCUT2D eigenvalue weighted by Crippen LogP contribution is -2.36. The van der Waals surface area contributed by atoms with Gasteiger partial charge in [-0.1, -0.05) is 56.3 Å². The summed E-state index contributed by atoms with van der Waals surface area (Å²) in [4.78, 5) is 26.5. The molecule has 0 spiro atoms. The molecule has 114 valence electrons. The topological polar surface area (TPSA) is 37.4 Å². The molecule has 0 aromatic heterocycles. The van der Waals surface area contributed by atoms with Gasteiger partial charge in [0.1, 0.15) is 0 Å². The van der Waals surface area contributed by atoms with Gasteiger partial charge in [0.25, 0.3) is 0 Å². The molecule has 0 saturated carbocycles. The average Bonchev–Trinajstić information content (AvgIpc) is 2.72. The second-order valence-electron chi connectivity index (χ2n) is 6.67. The van der Waals surface area contributed by atoms with E-state index in [9.17, 15) is 9.59 Å². The molecule has 2 aromatic rings. The van der Waals surface area contributed by atoms with Crippen molar-refractivity contribution in [2.45, 2.75) is 33.7 Å². The van der Waals surface area contributed by atoms with E-state index in [1.165, 1.54) is 4.90 Å². The van der Waals surface area contributed by atoms with E-state index in [4.69, 9.17) is 0 Å². The van der Waals surface area contributed by atoms with Crippen molar-refractivity contribution in [2.75, 3.05) is 0 Å². The summed E-state index contributed by atoms with van der Waals surface area (Å²) in [6.45, 7) is 6.28. The van der Waals surface area contributed by atoms with Crippen LogP contribution in [0.15, 0.2) is 42.5 Å². The van der Waals surface area contributed by atoms with E-state index in [1.807, 2.05) is 63.2 Å². The normalized spacial score (nSPS) is 22.1. The fraction of sp³-hybridized carbons (Fsp3) is 0.368. The lowest BCUT2D eigenvalue weighted by atomic mass is 9.78. The van der Waals surface area contributed by atoms with Crippen molar-refractivity contribution in [1.29, 1.82) is 0 Å². The van der Waals surface area contributed by atoms with Gasteiger partial charge in [-0.25, -0.2) is 0 Å². The first-order valence-corrected chi connectivity index (χ1v) is 7.75. The number of likely N-dealkylation sites (tertiary alicyclic amines) is 1. The molecule has 3 heteroatoms. The molecule has 1 saturated heterocycles. The van der Waals surface area contributed by atoms with Crippen LogP contribution < -0.4 is 0 Å². The Kier molecular flexibility index (Phi) is 3.51. The molecule has 0 aliphatic carbocycles. The summed E-state index contributed by atoms with van der Waals surface area (Å²) >= 11 is 0. The first-order chi connectivity index (χ1) is 10.4. The van der Waals surface area contributed by atoms with E-state index in [2.05, 4.69) is 0 Å². The van der Waals surface area contributed by atoms with Crippen LogP contribution in [0.2, 0.25) is 0 Å². The Bertz CT molecular complexity index is 745. The van der Waals surface area contributed by atoms with Crippen molar-refractivity contribution in [3.63, 3.8) is 0 Å². The van der Waals surface area contributed by atoms with Crippen LogP contribution in [0.1, 0.15) is 32.8 Å². The predicted molar refractivity (Wildman–Crippen MR) is 87.1 cm³/mol. The number of benzene rings is 2. The molecule has 2 aromatic carbocycles. The maximum Gasteiger partial charge on any atom is 0.236 e. The van der Waals surface area contributed by atoms with Crippen LogP contribution in [-0.2, 0) is 16.1 Å². The third-order valence-electron chi connectivity index (χ3n) is 5.04. The van der Waals surface area contributed by atoms with Crippen molar-refractivity contribution in [1.82, 2.24) is 4.90 Å². The Balaban J connectivity index is 1.96. The van der Waals surface area contributed by atoms with Gasteiger partial charge in [0, 0.05) is 6.42 Å². The van der Waals surface area contributed by atoms with Gasteiger partial charge in [-0.15, -0.1) is 0 Å². The van der Waals surface area contributed by atoms with E-state index in [1.54, 1.807) is 0 Å². The van der Waals surface area contributed by atoms with Crippen molar-refractivity contribution in [2.24, 2.45) is 11.3 Å². The summed E-state index contributed by atoms with van der Waals surface area (Å²) in [5.41, 5.74) is 0.453. The molecule has 0 N–H and O–H groups in total. The van der Waals surface area contributed by atoms with Crippen LogP contribution in [0.4, 0.5) is 0 Å². The summed E-state index contributed by atoms with van der Waals surface area (Å²) in [6, 6.07) is 14.1. The predicted octanol–water partition coefficient (Wildman–Crippen LogP) is 3.76. The number of carbonyl (C=O) groups is 2. The Hall–Kier alpha value is -2.16. The van der Waals surface area contributed by atoms with Crippen LogP contribution >= 0.6 is 0 Å². The molecule has 1 atom stereocenters. The third kappa shape index (κ3) is 2.21. The van der Waals surface area contributed by atoms with E-state index >= 15 is 0 Å². The SMILES string of the molecule is CC(C)C1(C)CC(=O)N(Cc2cccc3ccccc23)C1=O. The van der Waals surface area contributed by atoms with Crippen LogP contribution in [0.3, 0.4) is 0 Å². The minimum Gasteiger partial charge on any atom is -0.278 e. The molecular weight excluding hydrogens is 274 g/mol. The first kappa shape index (κ1) is 14.8. The smallest absolute Gasteiger partial charge is 0.236 e. The zero-order chi connectivity index (χ0) is 15.9. The first-order valence-electron chi connectivity index (χ1n) is 7.75. The van der Waals surface area contributed by atoms with Gasteiger partial charge in [0.2, 0.25) is 11.8 Å². The molecule has 1 fully saturated rings. The molecule has 1 aliphatic rings. The highest BCUT2D eigenvalue weighted by atomic mass is 16.2. The van der Waals surface area contributed by atoms with Crippen molar-refractivity contribution >= 4 is 22.6 Å². The van der Waals surface area contributed by atoms with Crippen LogP contribution in [0.25, 0.3) is 10.8 Å². The van der Waals surface area contributed by atoms with Gasteiger partial charge in [-0.2, -0.15) is 0 Å². The van der Waals surface area contributed by atoms with Gasteiger partial charge in [0.05, 0.1) is 12.0 Å². The maximum atomic E-state index is 12.7. The Labute approximate surface area is 130 Å². The standard InChI is InChI=1S/C19H21NO2/c1-13(2)19(3)11-17(21)20(18(19)22)12-15-9-6-8-14-7-4-5-10-16(14)15/h4-10,13H,11-12H2,1-3H3. The molecular formula is C19H21NO2. The van der Waals surface area contributed by atoms with Crippen LogP contribution in [0.5, 0.6) is 0 Å². The molecule has 1 heterocycles. The number of hydrogen-bond acceptors (Lipinski definition) is 2. The molecule has 2 amide bonds. The summed E-state index contributed by atoms with van der Waals surface area (Å²) in [7, 11) is 0. The van der Waals surface area contributed by atoms with Crippen LogP contribution in [-0.4, -0.2) is 16.7 Å². The Morgan fingerprint density at radius 3 is 2.45 bits per heavy atom. The fourth-order valence-electron chi connectivity index (χ4n) is 3.12. The molecule has 1 aliphatic heterocycles. The lowest BCUT2D eigenvalue weighted by molar-refractivity contribution is -0.142. The van der Waals surface area contributed by atoms with Crippen LogP contribution in [0, 0.1) is 11.3 Å². The van der Waals surface area contributed by atoms with Gasteiger partial charge in [-0.3, -0.25) is 14.5 Å². The third-order valence-corrected chi connectivity index (χ3v) is 5.04. The number of fused-ring (bicyclic) bond motifs is 1. The van der Waals surface area contributed by atoms with E-state index in [0.717, 1.165) is 16.3 Å². The summed E-state index contributed by atoms with van der Waals surface area (Å²) in [5.74, 6) is 0.0519. The highest BCUT2D eigenvalue weighted by molar-refractivity contribution is 6.06. The summed E-state index contributed by atoms with van der Waals surface area (Å²) in [5, 5.41) is 2.23. The van der Waals surface area contributed by atoms with E-state index in [0.29, 0.717) is 13.0 Å². The number of carbonyl (C=O) groups excluding carboxylic acids is 2. The van der Waals surface area contributed by atoms with Gasteiger partial charge in [0.15, 0.2) is 0 Å².